The number of methoxy groups -OCH3 is 2. The van der Waals surface area contributed by atoms with Gasteiger partial charge in [-0.3, -0.25) is 0 Å². The minimum Gasteiger partial charge on any atom is -0.355 e. The van der Waals surface area contributed by atoms with Crippen LogP contribution < -0.4 is 0 Å². The second kappa shape index (κ2) is 6.63. The van der Waals surface area contributed by atoms with Crippen molar-refractivity contribution in [1.82, 2.24) is 4.31 Å². The van der Waals surface area contributed by atoms with E-state index in [4.69, 9.17) is 9.47 Å². The van der Waals surface area contributed by atoms with E-state index in [1.54, 1.807) is 24.3 Å². The van der Waals surface area contributed by atoms with E-state index in [0.29, 0.717) is 4.47 Å². The van der Waals surface area contributed by atoms with E-state index in [2.05, 4.69) is 15.9 Å². The molecule has 0 aliphatic heterocycles. The molecule has 1 aromatic rings. The van der Waals surface area contributed by atoms with E-state index >= 15 is 0 Å². The van der Waals surface area contributed by atoms with Gasteiger partial charge in [-0.25, -0.2) is 8.42 Å². The summed E-state index contributed by atoms with van der Waals surface area (Å²) in [7, 11) is 0.886. The molecule has 0 saturated heterocycles. The number of ether oxygens (including phenoxy) is 2. The summed E-state index contributed by atoms with van der Waals surface area (Å²) in [4.78, 5) is 0.227. The molecule has 18 heavy (non-hydrogen) atoms. The summed E-state index contributed by atoms with van der Waals surface area (Å²) in [5.41, 5.74) is 0. The maximum Gasteiger partial charge on any atom is 0.243 e. The van der Waals surface area contributed by atoms with Crippen LogP contribution in [0.2, 0.25) is 0 Å². The lowest BCUT2D eigenvalue weighted by Gasteiger charge is -2.21. The van der Waals surface area contributed by atoms with Gasteiger partial charge in [-0.2, -0.15) is 4.31 Å². The fraction of sp³-hybridized carbons (Fsp3) is 0.455. The number of hydrogen-bond donors (Lipinski definition) is 0. The highest BCUT2D eigenvalue weighted by Crippen LogP contribution is 2.19. The van der Waals surface area contributed by atoms with Crippen LogP contribution >= 0.6 is 15.9 Å². The van der Waals surface area contributed by atoms with Crippen LogP contribution in [0.3, 0.4) is 0 Å². The standard InChI is InChI=1S/C11H16BrNO4S/c1-13(8-11(16-2)17-3)18(14,15)10-6-4-5-9(12)7-10/h4-7,11H,8H2,1-3H3. The fourth-order valence-corrected chi connectivity index (χ4v) is 3.12. The molecule has 0 aliphatic carbocycles. The molecule has 0 spiro atoms. The Kier molecular flexibility index (Phi) is 5.74. The van der Waals surface area contributed by atoms with Crippen molar-refractivity contribution >= 4 is 26.0 Å². The van der Waals surface area contributed by atoms with Gasteiger partial charge in [-0.15, -0.1) is 0 Å². The maximum absolute atomic E-state index is 12.2. The normalized spacial score (nSPS) is 12.3. The first-order chi connectivity index (χ1) is 8.41. The Hall–Kier alpha value is -0.470. The summed E-state index contributed by atoms with van der Waals surface area (Å²) in [6, 6.07) is 6.55. The topological polar surface area (TPSA) is 55.8 Å². The SMILES string of the molecule is COC(CN(C)S(=O)(=O)c1cccc(Br)c1)OC. The number of likely N-dealkylation sites (N-methyl/N-ethyl adjacent to an activating group) is 1. The molecule has 0 unspecified atom stereocenters. The number of sulfonamides is 1. The van der Waals surface area contributed by atoms with Crippen LogP contribution in [0.25, 0.3) is 0 Å². The Balaban J connectivity index is 2.93. The molecule has 0 N–H and O–H groups in total. The molecule has 0 radical (unpaired) electrons. The Morgan fingerprint density at radius 3 is 2.44 bits per heavy atom. The molecule has 7 heteroatoms. The lowest BCUT2D eigenvalue weighted by atomic mass is 10.4. The highest BCUT2D eigenvalue weighted by atomic mass is 79.9. The second-order valence-electron chi connectivity index (χ2n) is 3.64. The average molecular weight is 338 g/mol. The van der Waals surface area contributed by atoms with Gasteiger partial charge in [-0.1, -0.05) is 22.0 Å². The molecule has 102 valence electrons. The molecule has 0 fully saturated rings. The van der Waals surface area contributed by atoms with Crippen molar-refractivity contribution in [3.63, 3.8) is 0 Å². The Morgan fingerprint density at radius 1 is 1.33 bits per heavy atom. The van der Waals surface area contributed by atoms with Gasteiger partial charge in [0.2, 0.25) is 10.0 Å². The lowest BCUT2D eigenvalue weighted by molar-refractivity contribution is -0.106. The van der Waals surface area contributed by atoms with Gasteiger partial charge in [0.25, 0.3) is 0 Å². The van der Waals surface area contributed by atoms with Gasteiger partial charge in [0, 0.05) is 25.7 Å². The quantitative estimate of drug-likeness (QED) is 0.741. The van der Waals surface area contributed by atoms with Crippen LogP contribution in [0.4, 0.5) is 0 Å². The first-order valence-corrected chi connectivity index (χ1v) is 7.42. The minimum atomic E-state index is -3.53. The molecular weight excluding hydrogens is 322 g/mol. The van der Waals surface area contributed by atoms with Crippen molar-refractivity contribution in [3.8, 4) is 0 Å². The number of halogens is 1. The van der Waals surface area contributed by atoms with E-state index < -0.39 is 16.3 Å². The van der Waals surface area contributed by atoms with Crippen LogP contribution in [0, 0.1) is 0 Å². The largest absolute Gasteiger partial charge is 0.355 e. The zero-order chi connectivity index (χ0) is 13.8. The van der Waals surface area contributed by atoms with Gasteiger partial charge < -0.3 is 9.47 Å². The van der Waals surface area contributed by atoms with Gasteiger partial charge in [-0.05, 0) is 18.2 Å². The first-order valence-electron chi connectivity index (χ1n) is 5.19. The Bertz CT molecular complexity index is 488. The number of benzene rings is 1. The molecule has 0 aromatic heterocycles. The molecule has 1 aromatic carbocycles. The lowest BCUT2D eigenvalue weighted by Crippen LogP contribution is -2.36. The van der Waals surface area contributed by atoms with Crippen molar-refractivity contribution < 1.29 is 17.9 Å². The van der Waals surface area contributed by atoms with E-state index in [9.17, 15) is 8.42 Å². The van der Waals surface area contributed by atoms with Crippen molar-refractivity contribution in [2.24, 2.45) is 0 Å². The summed E-state index contributed by atoms with van der Waals surface area (Å²) < 4.78 is 36.4. The number of nitrogens with zero attached hydrogens (tertiary/aromatic N) is 1. The average Bonchev–Trinajstić information content (AvgIpc) is 2.35. The van der Waals surface area contributed by atoms with Gasteiger partial charge in [0.05, 0.1) is 11.4 Å². The number of hydrogen-bond acceptors (Lipinski definition) is 4. The summed E-state index contributed by atoms with van der Waals surface area (Å²) in [6.07, 6.45) is -0.586. The summed E-state index contributed by atoms with van der Waals surface area (Å²) >= 11 is 3.25. The molecular formula is C11H16BrNO4S. The summed E-state index contributed by atoms with van der Waals surface area (Å²) in [6.45, 7) is 0.127. The van der Waals surface area contributed by atoms with E-state index in [1.807, 2.05) is 0 Å². The summed E-state index contributed by atoms with van der Waals surface area (Å²) in [5.74, 6) is 0. The van der Waals surface area contributed by atoms with Gasteiger partial charge in [0.1, 0.15) is 0 Å². The highest BCUT2D eigenvalue weighted by Gasteiger charge is 2.23. The first kappa shape index (κ1) is 15.6. The molecule has 5 nitrogen and oxygen atoms in total. The highest BCUT2D eigenvalue weighted by molar-refractivity contribution is 9.10. The molecule has 0 amide bonds. The molecule has 0 saturated carbocycles. The Morgan fingerprint density at radius 2 is 1.94 bits per heavy atom. The zero-order valence-corrected chi connectivity index (χ0v) is 12.9. The zero-order valence-electron chi connectivity index (χ0n) is 10.5. The predicted molar refractivity (Wildman–Crippen MR) is 71.8 cm³/mol. The second-order valence-corrected chi connectivity index (χ2v) is 6.60. The third kappa shape index (κ3) is 3.76. The van der Waals surface area contributed by atoms with Crippen LogP contribution in [-0.4, -0.2) is 46.8 Å². The summed E-state index contributed by atoms with van der Waals surface area (Å²) in [5, 5.41) is 0. The third-order valence-corrected chi connectivity index (χ3v) is 4.75. The van der Waals surface area contributed by atoms with E-state index in [1.165, 1.54) is 25.6 Å². The molecule has 0 bridgehead atoms. The molecule has 0 atom stereocenters. The monoisotopic (exact) mass is 337 g/mol. The van der Waals surface area contributed by atoms with Crippen LogP contribution in [0.1, 0.15) is 0 Å². The van der Waals surface area contributed by atoms with Gasteiger partial charge in [0.15, 0.2) is 6.29 Å². The molecule has 0 aliphatic rings. The minimum absolute atomic E-state index is 0.127. The van der Waals surface area contributed by atoms with Crippen LogP contribution in [-0.2, 0) is 19.5 Å². The fourth-order valence-electron chi connectivity index (χ4n) is 1.36. The van der Waals surface area contributed by atoms with Crippen LogP contribution in [0.15, 0.2) is 33.6 Å². The van der Waals surface area contributed by atoms with Gasteiger partial charge >= 0.3 is 0 Å². The third-order valence-electron chi connectivity index (χ3n) is 2.44. The number of rotatable bonds is 6. The van der Waals surface area contributed by atoms with E-state index in [0.717, 1.165) is 0 Å². The maximum atomic E-state index is 12.2. The van der Waals surface area contributed by atoms with E-state index in [-0.39, 0.29) is 11.4 Å². The van der Waals surface area contributed by atoms with Crippen molar-refractivity contribution in [3.05, 3.63) is 28.7 Å². The van der Waals surface area contributed by atoms with Crippen molar-refractivity contribution in [1.29, 1.82) is 0 Å². The molecule has 0 heterocycles. The van der Waals surface area contributed by atoms with Crippen molar-refractivity contribution in [2.75, 3.05) is 27.8 Å². The predicted octanol–water partition coefficient (Wildman–Crippen LogP) is 1.69. The Labute approximate surface area is 116 Å². The molecule has 1 rings (SSSR count). The van der Waals surface area contributed by atoms with Crippen LogP contribution in [0.5, 0.6) is 0 Å². The smallest absolute Gasteiger partial charge is 0.243 e. The van der Waals surface area contributed by atoms with Crippen molar-refractivity contribution in [2.45, 2.75) is 11.2 Å².